The summed E-state index contributed by atoms with van der Waals surface area (Å²) in [5.41, 5.74) is 0. The molecular weight excluding hydrogens is 284 g/mol. The van der Waals surface area contributed by atoms with Crippen molar-refractivity contribution in [2.75, 3.05) is 27.2 Å². The van der Waals surface area contributed by atoms with Crippen LogP contribution in [0.4, 0.5) is 0 Å². The second kappa shape index (κ2) is 7.61. The van der Waals surface area contributed by atoms with Gasteiger partial charge in [0.05, 0.1) is 25.1 Å². The zero-order chi connectivity index (χ0) is 15.1. The fraction of sp³-hybridized carbons (Fsp3) is 0.417. The molecule has 0 aliphatic rings. The largest absolute Gasteiger partial charge is 0.467 e. The van der Waals surface area contributed by atoms with Crippen molar-refractivity contribution in [3.63, 3.8) is 0 Å². The lowest BCUT2D eigenvalue weighted by Crippen LogP contribution is -2.42. The monoisotopic (exact) mass is 300 g/mol. The summed E-state index contributed by atoms with van der Waals surface area (Å²) in [5, 5.41) is 13.4. The Morgan fingerprint density at radius 3 is 2.75 bits per heavy atom. The first-order valence-electron chi connectivity index (χ1n) is 5.77. The lowest BCUT2D eigenvalue weighted by atomic mass is 10.3. The first-order valence-corrected chi connectivity index (χ1v) is 6.65. The molecule has 1 aromatic rings. The molecule has 0 bridgehead atoms. The van der Waals surface area contributed by atoms with Gasteiger partial charge in [-0.05, 0) is 11.4 Å². The third-order valence-electron chi connectivity index (χ3n) is 2.43. The smallest absolute Gasteiger partial charge is 0.336 e. The molecule has 0 aromatic carbocycles. The Hall–Kier alpha value is -1.93. The van der Waals surface area contributed by atoms with Crippen LogP contribution in [0.3, 0.4) is 0 Å². The predicted molar refractivity (Wildman–Crippen MR) is 72.3 cm³/mol. The van der Waals surface area contributed by atoms with Crippen molar-refractivity contribution in [2.45, 2.75) is 6.10 Å². The van der Waals surface area contributed by atoms with Gasteiger partial charge < -0.3 is 20.1 Å². The van der Waals surface area contributed by atoms with E-state index in [1.165, 1.54) is 23.3 Å². The third kappa shape index (κ3) is 4.63. The molecule has 2 amide bonds. The van der Waals surface area contributed by atoms with Gasteiger partial charge in [0.25, 0.3) is 5.91 Å². The number of hydrogen-bond donors (Lipinski definition) is 2. The molecule has 20 heavy (non-hydrogen) atoms. The predicted octanol–water partition coefficient (Wildman–Crippen LogP) is -0.530. The van der Waals surface area contributed by atoms with E-state index in [4.69, 9.17) is 0 Å². The molecule has 0 saturated carbocycles. The van der Waals surface area contributed by atoms with Crippen molar-refractivity contribution in [3.8, 4) is 0 Å². The number of esters is 1. The van der Waals surface area contributed by atoms with Crippen molar-refractivity contribution >= 4 is 29.1 Å². The molecule has 1 unspecified atom stereocenters. The lowest BCUT2D eigenvalue weighted by Gasteiger charge is -2.16. The van der Waals surface area contributed by atoms with E-state index in [1.807, 2.05) is 0 Å². The quantitative estimate of drug-likeness (QED) is 0.689. The van der Waals surface area contributed by atoms with Crippen LogP contribution < -0.4 is 5.32 Å². The Morgan fingerprint density at radius 1 is 1.50 bits per heavy atom. The van der Waals surface area contributed by atoms with Crippen LogP contribution in [-0.2, 0) is 14.3 Å². The molecule has 7 nitrogen and oxygen atoms in total. The number of aliphatic hydroxyl groups excluding tert-OH is 1. The molecule has 1 aromatic heterocycles. The molecule has 0 aliphatic carbocycles. The van der Waals surface area contributed by atoms with Gasteiger partial charge in [-0.1, -0.05) is 6.07 Å². The minimum atomic E-state index is -1.41. The highest BCUT2D eigenvalue weighted by Gasteiger charge is 2.18. The molecule has 0 fully saturated rings. The maximum absolute atomic E-state index is 11.9. The summed E-state index contributed by atoms with van der Waals surface area (Å²) < 4.78 is 4.31. The van der Waals surface area contributed by atoms with E-state index in [0.29, 0.717) is 4.88 Å². The summed E-state index contributed by atoms with van der Waals surface area (Å²) in [7, 11) is 2.64. The second-order valence-electron chi connectivity index (χ2n) is 3.98. The third-order valence-corrected chi connectivity index (χ3v) is 3.28. The van der Waals surface area contributed by atoms with Gasteiger partial charge in [-0.25, -0.2) is 4.79 Å². The van der Waals surface area contributed by atoms with E-state index in [9.17, 15) is 19.5 Å². The van der Waals surface area contributed by atoms with Gasteiger partial charge in [-0.2, -0.15) is 0 Å². The Bertz CT molecular complexity index is 474. The normalized spacial score (nSPS) is 11.6. The molecule has 0 aliphatic heterocycles. The van der Waals surface area contributed by atoms with Crippen molar-refractivity contribution in [1.82, 2.24) is 10.2 Å². The highest BCUT2D eigenvalue weighted by molar-refractivity contribution is 7.12. The number of nitrogens with zero attached hydrogens (tertiary/aromatic N) is 1. The van der Waals surface area contributed by atoms with Crippen LogP contribution in [0.1, 0.15) is 9.67 Å². The van der Waals surface area contributed by atoms with Crippen LogP contribution in [0.5, 0.6) is 0 Å². The van der Waals surface area contributed by atoms with Crippen LogP contribution in [0.25, 0.3) is 0 Å². The zero-order valence-corrected chi connectivity index (χ0v) is 12.0. The van der Waals surface area contributed by atoms with E-state index in [1.54, 1.807) is 17.5 Å². The van der Waals surface area contributed by atoms with Gasteiger partial charge in [0, 0.05) is 7.05 Å². The zero-order valence-electron chi connectivity index (χ0n) is 11.2. The molecule has 1 atom stereocenters. The minimum Gasteiger partial charge on any atom is -0.467 e. The number of nitrogens with one attached hydrogen (secondary N) is 1. The molecule has 8 heteroatoms. The Morgan fingerprint density at radius 2 is 2.20 bits per heavy atom. The number of methoxy groups -OCH3 is 1. The van der Waals surface area contributed by atoms with Crippen molar-refractivity contribution in [3.05, 3.63) is 22.4 Å². The van der Waals surface area contributed by atoms with Gasteiger partial charge >= 0.3 is 5.97 Å². The van der Waals surface area contributed by atoms with Crippen LogP contribution in [0, 0.1) is 0 Å². The van der Waals surface area contributed by atoms with Crippen molar-refractivity contribution in [1.29, 1.82) is 0 Å². The van der Waals surface area contributed by atoms with Crippen LogP contribution >= 0.6 is 11.3 Å². The fourth-order valence-corrected chi connectivity index (χ4v) is 2.08. The molecule has 0 radical (unpaired) electrons. The highest BCUT2D eigenvalue weighted by Crippen LogP contribution is 2.10. The topological polar surface area (TPSA) is 95.9 Å². The van der Waals surface area contributed by atoms with E-state index in [0.717, 1.165) is 7.11 Å². The SMILES string of the molecule is COC(=O)C(O)CNC(=O)CN(C)C(=O)c1cccs1. The number of amides is 2. The number of likely N-dealkylation sites (N-methyl/N-ethyl adjacent to an activating group) is 1. The maximum atomic E-state index is 11.9. The van der Waals surface area contributed by atoms with Gasteiger partial charge in [-0.3, -0.25) is 9.59 Å². The number of thiophene rings is 1. The highest BCUT2D eigenvalue weighted by atomic mass is 32.1. The Labute approximate surface area is 120 Å². The maximum Gasteiger partial charge on any atom is 0.336 e. The van der Waals surface area contributed by atoms with Crippen LogP contribution in [0.15, 0.2) is 17.5 Å². The fourth-order valence-electron chi connectivity index (χ4n) is 1.36. The van der Waals surface area contributed by atoms with Gasteiger partial charge in [0.2, 0.25) is 5.91 Å². The van der Waals surface area contributed by atoms with E-state index in [-0.39, 0.29) is 19.0 Å². The molecular formula is C12H16N2O5S. The van der Waals surface area contributed by atoms with Crippen molar-refractivity contribution < 1.29 is 24.2 Å². The average molecular weight is 300 g/mol. The summed E-state index contributed by atoms with van der Waals surface area (Å²) in [6.45, 7) is -0.419. The number of carbonyl (C=O) groups excluding carboxylic acids is 3. The molecule has 0 spiro atoms. The summed E-state index contributed by atoms with van der Waals surface area (Å²) in [6, 6.07) is 3.42. The molecule has 1 heterocycles. The number of rotatable bonds is 6. The number of aliphatic hydroxyl groups is 1. The second-order valence-corrected chi connectivity index (χ2v) is 4.93. The summed E-state index contributed by atoms with van der Waals surface area (Å²) in [6.07, 6.45) is -1.41. The lowest BCUT2D eigenvalue weighted by molar-refractivity contribution is -0.150. The summed E-state index contributed by atoms with van der Waals surface area (Å²) >= 11 is 1.29. The molecule has 1 rings (SSSR count). The Balaban J connectivity index is 2.39. The Kier molecular flexibility index (Phi) is 6.13. The van der Waals surface area contributed by atoms with E-state index < -0.39 is 18.0 Å². The first-order chi connectivity index (χ1) is 9.45. The van der Waals surface area contributed by atoms with E-state index in [2.05, 4.69) is 10.1 Å². The first kappa shape index (κ1) is 16.1. The molecule has 0 saturated heterocycles. The van der Waals surface area contributed by atoms with Crippen molar-refractivity contribution in [2.24, 2.45) is 0 Å². The minimum absolute atomic E-state index is 0.162. The van der Waals surface area contributed by atoms with Crippen LogP contribution in [-0.4, -0.2) is 61.1 Å². The van der Waals surface area contributed by atoms with Gasteiger partial charge in [-0.15, -0.1) is 11.3 Å². The molecule has 2 N–H and O–H groups in total. The van der Waals surface area contributed by atoms with Gasteiger partial charge in [0.15, 0.2) is 6.10 Å². The average Bonchev–Trinajstić information content (AvgIpc) is 2.96. The summed E-state index contributed by atoms with van der Waals surface area (Å²) in [4.78, 5) is 36.2. The standard InChI is InChI=1S/C12H16N2O5S/c1-14(11(17)9-4-3-5-20-9)7-10(16)13-6-8(15)12(18)19-2/h3-5,8,15H,6-7H2,1-2H3,(H,13,16). The number of carbonyl (C=O) groups is 3. The summed E-state index contributed by atoms with van der Waals surface area (Å²) in [5.74, 6) is -1.56. The number of hydrogen-bond acceptors (Lipinski definition) is 6. The van der Waals surface area contributed by atoms with Crippen LogP contribution in [0.2, 0.25) is 0 Å². The van der Waals surface area contributed by atoms with E-state index >= 15 is 0 Å². The van der Waals surface area contributed by atoms with Gasteiger partial charge in [0.1, 0.15) is 0 Å². The molecule has 110 valence electrons. The number of ether oxygens (including phenoxy) is 1.